The summed E-state index contributed by atoms with van der Waals surface area (Å²) in [5.74, 6) is -5.96. The van der Waals surface area contributed by atoms with Gasteiger partial charge in [0.25, 0.3) is 0 Å². The third kappa shape index (κ3) is 11.6. The number of hydrogen-bond acceptors (Lipinski definition) is 15. The lowest BCUT2D eigenvalue weighted by molar-refractivity contribution is -0.206. The molecule has 214 valence electrons. The van der Waals surface area contributed by atoms with Gasteiger partial charge >= 0.3 is 23.9 Å². The van der Waals surface area contributed by atoms with Crippen LogP contribution < -0.4 is 10.6 Å². The zero-order valence-corrected chi connectivity index (χ0v) is 22.6. The summed E-state index contributed by atoms with van der Waals surface area (Å²) in [6.07, 6.45) is -10.1. The van der Waals surface area contributed by atoms with Crippen molar-refractivity contribution in [2.75, 3.05) is 0 Å². The van der Waals surface area contributed by atoms with Crippen LogP contribution in [0.25, 0.3) is 0 Å². The average molecular weight is 566 g/mol. The number of aliphatic hydroxyl groups is 1. The van der Waals surface area contributed by atoms with E-state index in [1.165, 1.54) is 13.8 Å². The molecule has 6 atom stereocenters. The smallest absolute Gasteiger partial charge is 0.303 e. The monoisotopic (exact) mass is 565 g/mol. The van der Waals surface area contributed by atoms with Crippen LogP contribution in [0.1, 0.15) is 48.5 Å². The van der Waals surface area contributed by atoms with Crippen molar-refractivity contribution in [3.8, 4) is 0 Å². The number of ether oxygens (including phenoxy) is 4. The van der Waals surface area contributed by atoms with E-state index < -0.39 is 77.1 Å². The molecule has 0 spiro atoms. The first-order chi connectivity index (χ1) is 17.5. The van der Waals surface area contributed by atoms with Gasteiger partial charge in [-0.1, -0.05) is 0 Å². The van der Waals surface area contributed by atoms with Gasteiger partial charge in [-0.2, -0.15) is 0 Å². The van der Waals surface area contributed by atoms with E-state index in [1.54, 1.807) is 0 Å². The summed E-state index contributed by atoms with van der Waals surface area (Å²) >= 11 is 0.410. The van der Waals surface area contributed by atoms with Crippen LogP contribution in [0.4, 0.5) is 0 Å². The number of nitrogens with zero attached hydrogens (tertiary/aromatic N) is 1. The first-order valence-corrected chi connectivity index (χ1v) is 11.6. The standard InChI is InChI=1S/C21H31N3O13S/c1-9(26)22-18(21(6,7)38-24-33)20(32)23-19(31)17(37-13(5)30)16(36-12(4)29)15(35-11(3)28)14(8-25)34-10(2)27/h8,14-19,31H,1-7H3,(H,22,26)(H,23,32)/t14-,15+,16-,17-,18+,19?/m0/s1. The summed E-state index contributed by atoms with van der Waals surface area (Å²) < 4.78 is 21.3. The lowest BCUT2D eigenvalue weighted by atomic mass is 9.99. The Balaban J connectivity index is 6.60. The van der Waals surface area contributed by atoms with Crippen molar-refractivity contribution < 1.29 is 57.6 Å². The Kier molecular flexibility index (Phi) is 14.1. The third-order valence-corrected chi connectivity index (χ3v) is 5.27. The van der Waals surface area contributed by atoms with Crippen LogP contribution in [-0.2, 0) is 52.5 Å². The summed E-state index contributed by atoms with van der Waals surface area (Å²) in [5, 5.41) is 15.2. The Morgan fingerprint density at radius 1 is 0.789 bits per heavy atom. The van der Waals surface area contributed by atoms with Crippen molar-refractivity contribution in [3.05, 3.63) is 4.91 Å². The van der Waals surface area contributed by atoms with E-state index in [0.29, 0.717) is 11.9 Å². The number of nitrogens with one attached hydrogen (secondary N) is 2. The fourth-order valence-electron chi connectivity index (χ4n) is 3.11. The Labute approximate surface area is 221 Å². The molecule has 0 aromatic heterocycles. The molecule has 17 heteroatoms. The number of hydrogen-bond donors (Lipinski definition) is 3. The molecule has 16 nitrogen and oxygen atoms in total. The Morgan fingerprint density at radius 2 is 1.24 bits per heavy atom. The van der Waals surface area contributed by atoms with E-state index >= 15 is 0 Å². The summed E-state index contributed by atoms with van der Waals surface area (Å²) in [4.78, 5) is 94.2. The number of aldehydes is 1. The highest BCUT2D eigenvalue weighted by atomic mass is 32.2. The van der Waals surface area contributed by atoms with Crippen LogP contribution in [0.5, 0.6) is 0 Å². The summed E-state index contributed by atoms with van der Waals surface area (Å²) in [7, 11) is 0. The molecule has 0 aliphatic carbocycles. The number of nitroso groups, excluding NO2 is 1. The van der Waals surface area contributed by atoms with Crippen LogP contribution in [0.15, 0.2) is 4.58 Å². The summed E-state index contributed by atoms with van der Waals surface area (Å²) in [5.41, 5.74) is 0. The Morgan fingerprint density at radius 3 is 1.63 bits per heavy atom. The predicted molar refractivity (Wildman–Crippen MR) is 127 cm³/mol. The first-order valence-electron chi connectivity index (χ1n) is 10.9. The minimum atomic E-state index is -2.24. The second-order valence-corrected chi connectivity index (χ2v) is 9.67. The SMILES string of the molecule is CC(=O)N[C@H](C(=O)NC(O)[C@@H](OC(C)=O)[C@@H](OC(C)=O)[C@H](OC(C)=O)[C@H](C=O)OC(C)=O)C(C)(C)SN=O. The number of amides is 2. The van der Waals surface area contributed by atoms with Crippen molar-refractivity contribution in [1.82, 2.24) is 10.6 Å². The van der Waals surface area contributed by atoms with Crippen LogP contribution >= 0.6 is 11.9 Å². The molecule has 3 N–H and O–H groups in total. The third-order valence-electron chi connectivity index (χ3n) is 4.49. The van der Waals surface area contributed by atoms with Gasteiger partial charge < -0.3 is 34.7 Å². The van der Waals surface area contributed by atoms with E-state index in [4.69, 9.17) is 18.9 Å². The zero-order valence-electron chi connectivity index (χ0n) is 21.7. The highest BCUT2D eigenvalue weighted by molar-refractivity contribution is 7.99. The topological polar surface area (TPSA) is 230 Å². The second kappa shape index (κ2) is 15.6. The molecule has 38 heavy (non-hydrogen) atoms. The maximum absolute atomic E-state index is 13.0. The van der Waals surface area contributed by atoms with Gasteiger partial charge in [0.05, 0.1) is 4.75 Å². The molecule has 2 amide bonds. The average Bonchev–Trinajstić information content (AvgIpc) is 2.75. The van der Waals surface area contributed by atoms with Crippen LogP contribution in [0.2, 0.25) is 0 Å². The lowest BCUT2D eigenvalue weighted by Crippen LogP contribution is -2.62. The molecule has 0 saturated heterocycles. The van der Waals surface area contributed by atoms with E-state index in [9.17, 15) is 43.6 Å². The highest BCUT2D eigenvalue weighted by Gasteiger charge is 2.47. The fraction of sp³-hybridized carbons (Fsp3) is 0.667. The summed E-state index contributed by atoms with van der Waals surface area (Å²) in [6, 6.07) is -1.48. The van der Waals surface area contributed by atoms with Crippen molar-refractivity contribution in [2.45, 2.75) is 89.9 Å². The van der Waals surface area contributed by atoms with Gasteiger partial charge in [-0.15, -0.1) is 4.91 Å². The lowest BCUT2D eigenvalue weighted by Gasteiger charge is -2.37. The first kappa shape index (κ1) is 34.4. The molecule has 0 saturated carbocycles. The Hall–Kier alpha value is -3.60. The largest absolute Gasteiger partial charge is 0.454 e. The van der Waals surface area contributed by atoms with Gasteiger partial charge in [0.1, 0.15) is 6.04 Å². The van der Waals surface area contributed by atoms with Crippen molar-refractivity contribution in [3.63, 3.8) is 0 Å². The van der Waals surface area contributed by atoms with Gasteiger partial charge in [0.15, 0.2) is 36.9 Å². The van der Waals surface area contributed by atoms with Gasteiger partial charge in [-0.3, -0.25) is 33.6 Å². The molecule has 0 aliphatic rings. The van der Waals surface area contributed by atoms with Crippen LogP contribution in [-0.4, -0.2) is 88.5 Å². The Bertz CT molecular complexity index is 926. The minimum Gasteiger partial charge on any atom is -0.454 e. The zero-order chi connectivity index (χ0) is 29.8. The molecule has 0 aromatic rings. The minimum absolute atomic E-state index is 0.0419. The molecule has 0 heterocycles. The second-order valence-electron chi connectivity index (χ2n) is 8.29. The molecular weight excluding hydrogens is 534 g/mol. The quantitative estimate of drug-likeness (QED) is 0.0542. The van der Waals surface area contributed by atoms with Crippen molar-refractivity contribution >= 4 is 53.9 Å². The highest BCUT2D eigenvalue weighted by Crippen LogP contribution is 2.29. The van der Waals surface area contributed by atoms with Gasteiger partial charge in [0.2, 0.25) is 11.8 Å². The number of esters is 4. The predicted octanol–water partition coefficient (Wildman–Crippen LogP) is -0.955. The van der Waals surface area contributed by atoms with E-state index in [0.717, 1.165) is 34.6 Å². The maximum atomic E-state index is 13.0. The molecule has 0 aliphatic heterocycles. The van der Waals surface area contributed by atoms with Crippen LogP contribution in [0, 0.1) is 4.91 Å². The number of carbonyl (C=O) groups is 7. The van der Waals surface area contributed by atoms with E-state index in [1.807, 2.05) is 0 Å². The fourth-order valence-corrected chi connectivity index (χ4v) is 3.57. The van der Waals surface area contributed by atoms with Gasteiger partial charge in [-0.25, -0.2) is 0 Å². The van der Waals surface area contributed by atoms with E-state index in [-0.39, 0.29) is 6.29 Å². The number of rotatable bonds is 15. The number of aliphatic hydroxyl groups excluding tert-OH is 1. The maximum Gasteiger partial charge on any atom is 0.303 e. The number of carbonyl (C=O) groups excluding carboxylic acids is 7. The molecule has 0 rings (SSSR count). The molecule has 0 radical (unpaired) electrons. The van der Waals surface area contributed by atoms with Crippen LogP contribution in [0.3, 0.4) is 0 Å². The van der Waals surface area contributed by atoms with E-state index in [2.05, 4.69) is 15.2 Å². The molecule has 0 bridgehead atoms. The van der Waals surface area contributed by atoms with Gasteiger partial charge in [0, 0.05) is 51.1 Å². The molecule has 1 unspecified atom stereocenters. The molecular formula is C21H31N3O13S. The van der Waals surface area contributed by atoms with Crippen molar-refractivity contribution in [2.24, 2.45) is 4.58 Å². The summed E-state index contributed by atoms with van der Waals surface area (Å²) in [6.45, 7) is 7.49. The van der Waals surface area contributed by atoms with Crippen molar-refractivity contribution in [1.29, 1.82) is 0 Å². The molecule has 0 aromatic carbocycles. The molecule has 0 fully saturated rings. The normalized spacial score (nSPS) is 15.7. The van der Waals surface area contributed by atoms with Gasteiger partial charge in [-0.05, 0) is 13.8 Å².